The third-order valence-corrected chi connectivity index (χ3v) is 7.04. The van der Waals surface area contributed by atoms with E-state index in [1.54, 1.807) is 19.9 Å². The summed E-state index contributed by atoms with van der Waals surface area (Å²) in [7, 11) is 1.98. The van der Waals surface area contributed by atoms with Crippen molar-refractivity contribution in [1.82, 2.24) is 19.4 Å². The van der Waals surface area contributed by atoms with Gasteiger partial charge in [0.25, 0.3) is 6.43 Å². The van der Waals surface area contributed by atoms with Crippen LogP contribution in [-0.4, -0.2) is 46.1 Å². The minimum absolute atomic E-state index is 0.0557. The number of hydrogen-bond donors (Lipinski definition) is 1. The summed E-state index contributed by atoms with van der Waals surface area (Å²) in [4.78, 5) is 15.8. The number of alkyl halides is 3. The van der Waals surface area contributed by atoms with E-state index in [1.165, 1.54) is 12.1 Å². The number of halogens is 4. The molecule has 0 amide bonds. The molecule has 1 saturated heterocycles. The van der Waals surface area contributed by atoms with Crippen molar-refractivity contribution in [2.45, 2.75) is 51.4 Å². The van der Waals surface area contributed by atoms with Crippen molar-refractivity contribution in [1.29, 1.82) is 0 Å². The van der Waals surface area contributed by atoms with Crippen LogP contribution in [-0.2, 0) is 12.2 Å². The smallest absolute Gasteiger partial charge is 0.266 e. The van der Waals surface area contributed by atoms with Crippen molar-refractivity contribution in [3.63, 3.8) is 0 Å². The Morgan fingerprint density at radius 1 is 1.11 bits per heavy atom. The van der Waals surface area contributed by atoms with Gasteiger partial charge in [-0.2, -0.15) is 0 Å². The average Bonchev–Trinajstić information content (AvgIpc) is 3.31. The van der Waals surface area contributed by atoms with E-state index in [1.807, 2.05) is 11.6 Å². The molecule has 4 aliphatic heterocycles. The normalized spacial score (nSPS) is 19.3. The molecule has 5 rings (SSSR count). The van der Waals surface area contributed by atoms with E-state index in [4.69, 9.17) is 0 Å². The first-order valence-electron chi connectivity index (χ1n) is 11.8. The third-order valence-electron chi connectivity index (χ3n) is 7.04. The SMILES string of the molecule is Cc1nc2n3c(c(C4(F)CCN(C)CC4)cc-2c(=NC(C)c2cccc(C(F)F)c2F)n1)NCC3. The van der Waals surface area contributed by atoms with Crippen molar-refractivity contribution in [2.24, 2.45) is 4.99 Å². The highest BCUT2D eigenvalue weighted by molar-refractivity contribution is 5.67. The number of benzene rings is 1. The summed E-state index contributed by atoms with van der Waals surface area (Å²) < 4.78 is 59.5. The molecular weight excluding hydrogens is 460 g/mol. The Labute approximate surface area is 201 Å². The van der Waals surface area contributed by atoms with Gasteiger partial charge in [-0.3, -0.25) is 4.99 Å². The number of nitrogens with zero attached hydrogens (tertiary/aromatic N) is 5. The zero-order valence-corrected chi connectivity index (χ0v) is 20.0. The molecule has 0 spiro atoms. The molecule has 1 aromatic rings. The molecule has 6 nitrogen and oxygen atoms in total. The molecule has 1 unspecified atom stereocenters. The number of nitrogens with one attached hydrogen (secondary N) is 1. The molecule has 0 aliphatic carbocycles. The van der Waals surface area contributed by atoms with Crippen LogP contribution in [0.5, 0.6) is 0 Å². The van der Waals surface area contributed by atoms with Crippen LogP contribution in [0.2, 0.25) is 0 Å². The van der Waals surface area contributed by atoms with Crippen molar-refractivity contribution < 1.29 is 17.6 Å². The number of pyridine rings is 1. The standard InChI is InChI=1S/C25H28F4N6/c1-14(16-5-4-6-17(20(16)26)21(27)28)31-22-18-13-19(25(29)7-10-34(3)11-8-25)24-30-9-12-35(24)23(18)33-15(2)32-22/h4-6,13-14,21,30H,7-12H2,1-3H3. The van der Waals surface area contributed by atoms with Gasteiger partial charge in [-0.15, -0.1) is 0 Å². The Morgan fingerprint density at radius 3 is 2.54 bits per heavy atom. The second kappa shape index (κ2) is 8.89. The second-order valence-corrected chi connectivity index (χ2v) is 9.44. The van der Waals surface area contributed by atoms with Crippen molar-refractivity contribution >= 4 is 5.82 Å². The Hall–Kier alpha value is -3.01. The van der Waals surface area contributed by atoms with Crippen LogP contribution in [0.3, 0.4) is 0 Å². The zero-order valence-electron chi connectivity index (χ0n) is 20.0. The maximum absolute atomic E-state index is 16.3. The van der Waals surface area contributed by atoms with Crippen LogP contribution in [0.25, 0.3) is 11.4 Å². The number of fused-ring (bicyclic) bond motifs is 3. The number of aryl methyl sites for hydroxylation is 1. The minimum Gasteiger partial charge on any atom is -0.369 e. The van der Waals surface area contributed by atoms with E-state index in [-0.39, 0.29) is 5.56 Å². The molecule has 0 bridgehead atoms. The third kappa shape index (κ3) is 4.17. The second-order valence-electron chi connectivity index (χ2n) is 9.44. The zero-order chi connectivity index (χ0) is 24.9. The molecule has 1 aromatic carbocycles. The van der Waals surface area contributed by atoms with Gasteiger partial charge in [0.1, 0.15) is 29.0 Å². The van der Waals surface area contributed by atoms with Gasteiger partial charge >= 0.3 is 0 Å². The van der Waals surface area contributed by atoms with E-state index < -0.39 is 29.5 Å². The van der Waals surface area contributed by atoms with E-state index in [9.17, 15) is 13.2 Å². The van der Waals surface area contributed by atoms with Crippen LogP contribution in [0.1, 0.15) is 54.7 Å². The first kappa shape index (κ1) is 23.7. The molecule has 10 heteroatoms. The molecule has 4 aliphatic rings. The Balaban J connectivity index is 1.68. The van der Waals surface area contributed by atoms with Gasteiger partial charge in [0.05, 0.1) is 17.2 Å². The molecule has 0 radical (unpaired) electrons. The summed E-state index contributed by atoms with van der Waals surface area (Å²) in [5, 5.41) is 3.32. The lowest BCUT2D eigenvalue weighted by Gasteiger charge is -2.36. The van der Waals surface area contributed by atoms with E-state index in [2.05, 4.69) is 25.2 Å². The van der Waals surface area contributed by atoms with Gasteiger partial charge in [-0.25, -0.2) is 27.5 Å². The molecule has 1 atom stereocenters. The van der Waals surface area contributed by atoms with E-state index >= 15 is 4.39 Å². The highest BCUT2D eigenvalue weighted by Gasteiger charge is 2.40. The molecule has 35 heavy (non-hydrogen) atoms. The fraction of sp³-hybridized carbons (Fsp3) is 0.480. The molecular formula is C25H28F4N6. The number of piperidine rings is 1. The quantitative estimate of drug-likeness (QED) is 0.539. The molecule has 1 fully saturated rings. The number of rotatable bonds is 4. The van der Waals surface area contributed by atoms with Crippen LogP contribution >= 0.6 is 0 Å². The summed E-state index contributed by atoms with van der Waals surface area (Å²) in [6.07, 6.45) is -2.19. The number of hydrogen-bond acceptors (Lipinski definition) is 5. The highest BCUT2D eigenvalue weighted by Crippen LogP contribution is 2.43. The lowest BCUT2D eigenvalue weighted by atomic mass is 9.85. The minimum atomic E-state index is -2.92. The molecule has 1 N–H and O–H groups in total. The summed E-state index contributed by atoms with van der Waals surface area (Å²) in [6.45, 7) is 5.93. The fourth-order valence-electron chi connectivity index (χ4n) is 5.04. The van der Waals surface area contributed by atoms with E-state index in [0.29, 0.717) is 67.3 Å². The lowest BCUT2D eigenvalue weighted by molar-refractivity contribution is 0.0676. The van der Waals surface area contributed by atoms with Gasteiger partial charge in [0, 0.05) is 37.3 Å². The summed E-state index contributed by atoms with van der Waals surface area (Å²) in [6, 6.07) is 4.90. The van der Waals surface area contributed by atoms with Gasteiger partial charge < -0.3 is 14.8 Å². The predicted octanol–water partition coefficient (Wildman–Crippen LogP) is 4.75. The Bertz CT molecular complexity index is 1300. The number of anilines is 1. The first-order valence-corrected chi connectivity index (χ1v) is 11.8. The summed E-state index contributed by atoms with van der Waals surface area (Å²) in [5.74, 6) is 0.833. The highest BCUT2D eigenvalue weighted by atomic mass is 19.3. The van der Waals surface area contributed by atoms with Crippen molar-refractivity contribution in [3.05, 3.63) is 58.1 Å². The van der Waals surface area contributed by atoms with Crippen molar-refractivity contribution in [2.75, 3.05) is 32.0 Å². The summed E-state index contributed by atoms with van der Waals surface area (Å²) in [5.41, 5.74) is -0.705. The average molecular weight is 489 g/mol. The monoisotopic (exact) mass is 488 g/mol. The molecule has 0 aromatic heterocycles. The fourth-order valence-corrected chi connectivity index (χ4v) is 5.04. The summed E-state index contributed by atoms with van der Waals surface area (Å²) >= 11 is 0. The maximum Gasteiger partial charge on any atom is 0.266 e. The van der Waals surface area contributed by atoms with E-state index in [0.717, 1.165) is 11.9 Å². The van der Waals surface area contributed by atoms with Gasteiger partial charge in [0.15, 0.2) is 5.49 Å². The van der Waals surface area contributed by atoms with Crippen LogP contribution in [0.15, 0.2) is 29.3 Å². The Morgan fingerprint density at radius 2 is 1.83 bits per heavy atom. The first-order chi connectivity index (χ1) is 16.7. The van der Waals surface area contributed by atoms with Crippen LogP contribution < -0.4 is 10.8 Å². The largest absolute Gasteiger partial charge is 0.369 e. The number of aromatic nitrogens is 3. The lowest BCUT2D eigenvalue weighted by Crippen LogP contribution is -2.39. The molecule has 186 valence electrons. The van der Waals surface area contributed by atoms with Gasteiger partial charge in [-0.05, 0) is 39.8 Å². The Kier molecular flexibility index (Phi) is 6.03. The van der Waals surface area contributed by atoms with Crippen LogP contribution in [0, 0.1) is 12.7 Å². The topological polar surface area (TPSA) is 58.3 Å². The van der Waals surface area contributed by atoms with Crippen LogP contribution in [0.4, 0.5) is 23.4 Å². The number of likely N-dealkylation sites (tertiary alicyclic amines) is 1. The maximum atomic E-state index is 16.3. The molecule has 0 saturated carbocycles. The van der Waals surface area contributed by atoms with Gasteiger partial charge in [0.2, 0.25) is 0 Å². The molecule has 4 heterocycles. The van der Waals surface area contributed by atoms with Crippen molar-refractivity contribution in [3.8, 4) is 11.4 Å². The predicted molar refractivity (Wildman–Crippen MR) is 125 cm³/mol. The van der Waals surface area contributed by atoms with Gasteiger partial charge in [-0.1, -0.05) is 18.2 Å².